The Bertz CT molecular complexity index is 935. The summed E-state index contributed by atoms with van der Waals surface area (Å²) >= 11 is 1.37. The number of aromatic nitrogens is 4. The topological polar surface area (TPSA) is 103 Å². The average Bonchev–Trinajstić information content (AvgIpc) is 3.29. The van der Waals surface area contributed by atoms with Crippen LogP contribution in [0.15, 0.2) is 28.8 Å². The van der Waals surface area contributed by atoms with Gasteiger partial charge in [-0.1, -0.05) is 56.3 Å². The predicted octanol–water partition coefficient (Wildman–Crippen LogP) is 3.93. The first kappa shape index (κ1) is 19.9. The van der Waals surface area contributed by atoms with Crippen molar-refractivity contribution in [1.82, 2.24) is 20.3 Å². The van der Waals surface area contributed by atoms with Gasteiger partial charge in [-0.05, 0) is 18.1 Å². The molecule has 0 unspecified atom stereocenters. The molecule has 0 spiro atoms. The molecule has 1 N–H and O–H groups in total. The Morgan fingerprint density at radius 3 is 2.71 bits per heavy atom. The van der Waals surface area contributed by atoms with Crippen LogP contribution in [0.3, 0.4) is 0 Å². The summed E-state index contributed by atoms with van der Waals surface area (Å²) in [5, 5.41) is 16.1. The minimum atomic E-state index is -0.310. The zero-order valence-electron chi connectivity index (χ0n) is 16.3. The van der Waals surface area contributed by atoms with Gasteiger partial charge in [0.25, 0.3) is 11.8 Å². The van der Waals surface area contributed by atoms with Gasteiger partial charge in [0.1, 0.15) is 10.8 Å². The summed E-state index contributed by atoms with van der Waals surface area (Å²) in [6, 6.07) is 7.24. The first-order chi connectivity index (χ1) is 13.4. The van der Waals surface area contributed by atoms with Crippen molar-refractivity contribution >= 4 is 22.4 Å². The van der Waals surface area contributed by atoms with Crippen LogP contribution in [0.5, 0.6) is 5.75 Å². The number of amides is 1. The highest BCUT2D eigenvalue weighted by molar-refractivity contribution is 7.15. The van der Waals surface area contributed by atoms with Gasteiger partial charge >= 0.3 is 0 Å². The maximum atomic E-state index is 12.2. The van der Waals surface area contributed by atoms with Gasteiger partial charge in [0, 0.05) is 12.3 Å². The molecular weight excluding hydrogens is 378 g/mol. The number of nitrogens with zero attached hydrogens (tertiary/aromatic N) is 4. The molecule has 0 aliphatic carbocycles. The summed E-state index contributed by atoms with van der Waals surface area (Å²) < 4.78 is 11.0. The number of anilines is 1. The van der Waals surface area contributed by atoms with Crippen LogP contribution >= 0.6 is 11.3 Å². The first-order valence-corrected chi connectivity index (χ1v) is 9.92. The third-order valence-electron chi connectivity index (χ3n) is 3.73. The summed E-state index contributed by atoms with van der Waals surface area (Å²) in [7, 11) is 0. The maximum Gasteiger partial charge on any atom is 0.264 e. The number of carbonyl (C=O) groups is 1. The van der Waals surface area contributed by atoms with Gasteiger partial charge in [0.2, 0.25) is 5.13 Å². The van der Waals surface area contributed by atoms with Crippen LogP contribution < -0.4 is 10.1 Å². The largest absolute Gasteiger partial charge is 0.483 e. The molecule has 2 heterocycles. The second-order valence-electron chi connectivity index (χ2n) is 7.04. The van der Waals surface area contributed by atoms with Crippen molar-refractivity contribution in [2.24, 2.45) is 5.92 Å². The van der Waals surface area contributed by atoms with Crippen LogP contribution in [0.4, 0.5) is 5.13 Å². The highest BCUT2D eigenvalue weighted by atomic mass is 32.1. The Balaban J connectivity index is 1.63. The molecule has 28 heavy (non-hydrogen) atoms. The number of benzene rings is 1. The van der Waals surface area contributed by atoms with E-state index >= 15 is 0 Å². The van der Waals surface area contributed by atoms with Gasteiger partial charge in [0.05, 0.1) is 5.56 Å². The predicted molar refractivity (Wildman–Crippen MR) is 106 cm³/mol. The number of ether oxygens (including phenoxy) is 1. The van der Waals surface area contributed by atoms with Crippen LogP contribution in [0.1, 0.15) is 44.4 Å². The molecule has 2 aromatic heterocycles. The average molecular weight is 401 g/mol. The fraction of sp³-hybridized carbons (Fsp3) is 0.421. The summed E-state index contributed by atoms with van der Waals surface area (Å²) in [6.07, 6.45) is 0.833. The second kappa shape index (κ2) is 8.92. The van der Waals surface area contributed by atoms with Crippen molar-refractivity contribution < 1.29 is 14.1 Å². The summed E-state index contributed by atoms with van der Waals surface area (Å²) in [4.78, 5) is 16.6. The molecule has 0 aliphatic rings. The van der Waals surface area contributed by atoms with E-state index in [4.69, 9.17) is 9.26 Å². The molecule has 0 radical (unpaired) electrons. The Morgan fingerprint density at radius 2 is 2.00 bits per heavy atom. The van der Waals surface area contributed by atoms with Gasteiger partial charge in [-0.3, -0.25) is 10.1 Å². The van der Waals surface area contributed by atoms with Crippen molar-refractivity contribution in [3.8, 4) is 17.2 Å². The zero-order chi connectivity index (χ0) is 20.1. The van der Waals surface area contributed by atoms with E-state index < -0.39 is 0 Å². The summed E-state index contributed by atoms with van der Waals surface area (Å²) in [5.41, 5.74) is 0.643. The number of hydrogen-bond acceptors (Lipinski definition) is 8. The van der Waals surface area contributed by atoms with Gasteiger partial charge in [-0.15, -0.1) is 10.2 Å². The lowest BCUT2D eigenvalue weighted by Gasteiger charge is -2.08. The van der Waals surface area contributed by atoms with Crippen molar-refractivity contribution in [1.29, 1.82) is 0 Å². The van der Waals surface area contributed by atoms with E-state index in [0.29, 0.717) is 34.1 Å². The summed E-state index contributed by atoms with van der Waals surface area (Å²) in [5.74, 6) is 1.81. The highest BCUT2D eigenvalue weighted by Gasteiger charge is 2.16. The molecule has 148 valence electrons. The molecule has 0 atom stereocenters. The molecule has 1 aromatic carbocycles. The van der Waals surface area contributed by atoms with E-state index in [-0.39, 0.29) is 18.4 Å². The van der Waals surface area contributed by atoms with E-state index in [1.54, 1.807) is 6.07 Å². The normalized spacial score (nSPS) is 11.2. The van der Waals surface area contributed by atoms with Crippen molar-refractivity contribution in [3.63, 3.8) is 0 Å². The fourth-order valence-corrected chi connectivity index (χ4v) is 3.35. The van der Waals surface area contributed by atoms with Gasteiger partial charge in [-0.2, -0.15) is 4.98 Å². The molecule has 0 fully saturated rings. The lowest BCUT2D eigenvalue weighted by Crippen LogP contribution is -2.20. The SMILES string of the molecule is CC(C)Cc1nnc(NC(=O)COc2ccccc2-c2nc(C(C)C)no2)s1. The van der Waals surface area contributed by atoms with E-state index in [1.807, 2.05) is 32.0 Å². The van der Waals surface area contributed by atoms with E-state index in [0.717, 1.165) is 11.4 Å². The molecule has 0 saturated heterocycles. The van der Waals surface area contributed by atoms with Crippen LogP contribution in [0.2, 0.25) is 0 Å². The molecule has 0 saturated carbocycles. The minimum absolute atomic E-state index is 0.156. The Hall–Kier alpha value is -2.81. The molecule has 3 rings (SSSR count). The summed E-state index contributed by atoms with van der Waals surface area (Å²) in [6.45, 7) is 8.03. The minimum Gasteiger partial charge on any atom is -0.483 e. The fourth-order valence-electron chi connectivity index (χ4n) is 2.38. The van der Waals surface area contributed by atoms with E-state index in [2.05, 4.69) is 39.5 Å². The second-order valence-corrected chi connectivity index (χ2v) is 8.11. The van der Waals surface area contributed by atoms with E-state index in [9.17, 15) is 4.79 Å². The molecule has 0 bridgehead atoms. The number of hydrogen-bond donors (Lipinski definition) is 1. The Kier molecular flexibility index (Phi) is 6.35. The van der Waals surface area contributed by atoms with Gasteiger partial charge < -0.3 is 9.26 Å². The molecular formula is C19H23N5O3S. The van der Waals surface area contributed by atoms with Crippen LogP contribution in [0.25, 0.3) is 11.5 Å². The number of nitrogens with one attached hydrogen (secondary N) is 1. The quantitative estimate of drug-likeness (QED) is 0.610. The highest BCUT2D eigenvalue weighted by Crippen LogP contribution is 2.29. The van der Waals surface area contributed by atoms with Crippen molar-refractivity contribution in [2.45, 2.75) is 40.0 Å². The number of para-hydroxylation sites is 1. The third kappa shape index (κ3) is 5.13. The van der Waals surface area contributed by atoms with Gasteiger partial charge in [-0.25, -0.2) is 0 Å². The smallest absolute Gasteiger partial charge is 0.264 e. The first-order valence-electron chi connectivity index (χ1n) is 9.10. The maximum absolute atomic E-state index is 12.2. The molecule has 3 aromatic rings. The lowest BCUT2D eigenvalue weighted by atomic mass is 10.1. The van der Waals surface area contributed by atoms with Crippen molar-refractivity contribution in [2.75, 3.05) is 11.9 Å². The Labute approximate surface area is 167 Å². The van der Waals surface area contributed by atoms with E-state index in [1.165, 1.54) is 11.3 Å². The molecule has 9 heteroatoms. The molecule has 1 amide bonds. The lowest BCUT2D eigenvalue weighted by molar-refractivity contribution is -0.118. The van der Waals surface area contributed by atoms with Crippen LogP contribution in [-0.4, -0.2) is 32.9 Å². The van der Waals surface area contributed by atoms with Gasteiger partial charge in [0.15, 0.2) is 12.4 Å². The van der Waals surface area contributed by atoms with Crippen molar-refractivity contribution in [3.05, 3.63) is 35.1 Å². The zero-order valence-corrected chi connectivity index (χ0v) is 17.1. The number of carbonyl (C=O) groups excluding carboxylic acids is 1. The Morgan fingerprint density at radius 1 is 1.21 bits per heavy atom. The molecule has 8 nitrogen and oxygen atoms in total. The standard InChI is InChI=1S/C19H23N5O3S/c1-11(2)9-16-22-23-19(28-16)20-15(25)10-26-14-8-6-5-7-13(14)18-21-17(12(3)4)24-27-18/h5-8,11-12H,9-10H2,1-4H3,(H,20,23,25). The number of rotatable bonds is 8. The van der Waals surface area contributed by atoms with Crippen LogP contribution in [-0.2, 0) is 11.2 Å². The monoisotopic (exact) mass is 401 g/mol. The third-order valence-corrected chi connectivity index (χ3v) is 4.59. The van der Waals surface area contributed by atoms with Crippen LogP contribution in [0, 0.1) is 5.92 Å². The molecule has 0 aliphatic heterocycles.